The quantitative estimate of drug-likeness (QED) is 0.486. The minimum Gasteiger partial charge on any atom is -0.483 e. The normalized spacial score (nSPS) is 10.3. The van der Waals surface area contributed by atoms with Gasteiger partial charge in [0.2, 0.25) is 0 Å². The van der Waals surface area contributed by atoms with Crippen molar-refractivity contribution in [1.82, 2.24) is 0 Å². The summed E-state index contributed by atoms with van der Waals surface area (Å²) in [5.41, 5.74) is 2.90. The number of nitrogens with one attached hydrogen (secondary N) is 1. The monoisotopic (exact) mass is 376 g/mol. The van der Waals surface area contributed by atoms with Crippen molar-refractivity contribution in [3.8, 4) is 5.75 Å². The summed E-state index contributed by atoms with van der Waals surface area (Å²) >= 11 is 0. The van der Waals surface area contributed by atoms with E-state index in [4.69, 9.17) is 4.74 Å². The number of hydrogen-bond acceptors (Lipinski definition) is 4. The molecule has 0 unspecified atom stereocenters. The van der Waals surface area contributed by atoms with Crippen LogP contribution in [0.4, 0.5) is 11.4 Å². The first-order chi connectivity index (χ1) is 13.5. The fourth-order valence-electron chi connectivity index (χ4n) is 2.89. The number of amides is 1. The molecular formula is C22H20N2O4. The van der Waals surface area contributed by atoms with Gasteiger partial charge >= 0.3 is 0 Å². The molecule has 3 aromatic rings. The number of anilines is 1. The predicted molar refractivity (Wildman–Crippen MR) is 108 cm³/mol. The lowest BCUT2D eigenvalue weighted by Crippen LogP contribution is -2.21. The molecule has 3 rings (SSSR count). The van der Waals surface area contributed by atoms with Crippen LogP contribution >= 0.6 is 0 Å². The Morgan fingerprint density at radius 1 is 1.00 bits per heavy atom. The van der Waals surface area contributed by atoms with Gasteiger partial charge in [0.05, 0.1) is 16.2 Å². The van der Waals surface area contributed by atoms with Crippen LogP contribution in [0.25, 0.3) is 0 Å². The molecule has 28 heavy (non-hydrogen) atoms. The highest BCUT2D eigenvalue weighted by molar-refractivity contribution is 5.93. The van der Waals surface area contributed by atoms with E-state index in [1.54, 1.807) is 13.0 Å². The van der Waals surface area contributed by atoms with Crippen LogP contribution < -0.4 is 10.1 Å². The molecule has 0 fully saturated rings. The maximum atomic E-state index is 12.3. The second-order valence-electron chi connectivity index (χ2n) is 6.31. The van der Waals surface area contributed by atoms with E-state index in [9.17, 15) is 14.9 Å². The third-order valence-electron chi connectivity index (χ3n) is 4.34. The van der Waals surface area contributed by atoms with Crippen LogP contribution in [0.15, 0.2) is 72.8 Å². The second-order valence-corrected chi connectivity index (χ2v) is 6.31. The molecule has 3 aromatic carbocycles. The lowest BCUT2D eigenvalue weighted by molar-refractivity contribution is -0.385. The van der Waals surface area contributed by atoms with E-state index in [0.717, 1.165) is 11.1 Å². The molecule has 0 aliphatic heterocycles. The van der Waals surface area contributed by atoms with E-state index in [1.165, 1.54) is 12.1 Å². The molecule has 0 radical (unpaired) electrons. The van der Waals surface area contributed by atoms with Crippen molar-refractivity contribution in [2.75, 3.05) is 11.9 Å². The summed E-state index contributed by atoms with van der Waals surface area (Å²) in [5.74, 6) is 0.260. The number of benzene rings is 3. The van der Waals surface area contributed by atoms with Crippen LogP contribution in [-0.2, 0) is 11.2 Å². The van der Waals surface area contributed by atoms with E-state index in [2.05, 4.69) is 5.32 Å². The number of rotatable bonds is 7. The average molecular weight is 376 g/mol. The van der Waals surface area contributed by atoms with Crippen LogP contribution in [0.2, 0.25) is 0 Å². The fourth-order valence-corrected chi connectivity index (χ4v) is 2.89. The molecule has 6 heteroatoms. The number of nitro benzene ring substituents is 1. The first-order valence-electron chi connectivity index (χ1n) is 8.83. The Labute approximate surface area is 162 Å². The van der Waals surface area contributed by atoms with Gasteiger partial charge in [0.15, 0.2) is 6.61 Å². The molecule has 0 bridgehead atoms. The molecule has 6 nitrogen and oxygen atoms in total. The van der Waals surface area contributed by atoms with Crippen LogP contribution in [0.3, 0.4) is 0 Å². The number of ether oxygens (including phenoxy) is 1. The number of hydrogen-bond donors (Lipinski definition) is 1. The summed E-state index contributed by atoms with van der Waals surface area (Å²) in [6.07, 6.45) is 0.697. The van der Waals surface area contributed by atoms with E-state index in [-0.39, 0.29) is 18.2 Å². The molecule has 142 valence electrons. The van der Waals surface area contributed by atoms with Crippen LogP contribution in [-0.4, -0.2) is 17.4 Å². The van der Waals surface area contributed by atoms with Gasteiger partial charge in [-0.25, -0.2) is 0 Å². The molecule has 1 amide bonds. The summed E-state index contributed by atoms with van der Waals surface area (Å²) in [4.78, 5) is 22.8. The smallest absolute Gasteiger partial charge is 0.274 e. The maximum absolute atomic E-state index is 12.3. The number of nitrogens with zero attached hydrogens (tertiary/aromatic N) is 1. The highest BCUT2D eigenvalue weighted by Gasteiger charge is 2.15. The average Bonchev–Trinajstić information content (AvgIpc) is 2.69. The zero-order valence-corrected chi connectivity index (χ0v) is 15.4. The Balaban J connectivity index is 1.66. The molecule has 0 aromatic heterocycles. The van der Waals surface area contributed by atoms with Gasteiger partial charge in [-0.3, -0.25) is 14.9 Å². The lowest BCUT2D eigenvalue weighted by Gasteiger charge is -2.12. The summed E-state index contributed by atoms with van der Waals surface area (Å²) in [7, 11) is 0. The number of carbonyl (C=O) groups is 1. The number of para-hydroxylation sites is 1. The van der Waals surface area contributed by atoms with Crippen molar-refractivity contribution in [1.29, 1.82) is 0 Å². The molecule has 0 saturated carbocycles. The SMILES string of the molecule is Cc1c(NC(=O)COc2ccccc2Cc2ccccc2)cccc1[N+](=O)[O-]. The highest BCUT2D eigenvalue weighted by Crippen LogP contribution is 2.25. The number of carbonyl (C=O) groups excluding carboxylic acids is 1. The molecular weight excluding hydrogens is 356 g/mol. The zero-order chi connectivity index (χ0) is 19.9. The molecule has 0 spiro atoms. The maximum Gasteiger partial charge on any atom is 0.274 e. The van der Waals surface area contributed by atoms with Gasteiger partial charge in [-0.05, 0) is 30.2 Å². The minimum absolute atomic E-state index is 0.0353. The highest BCUT2D eigenvalue weighted by atomic mass is 16.6. The summed E-state index contributed by atoms with van der Waals surface area (Å²) < 4.78 is 5.72. The summed E-state index contributed by atoms with van der Waals surface area (Å²) in [5, 5.41) is 13.7. The first kappa shape index (κ1) is 19.1. The van der Waals surface area contributed by atoms with Gasteiger partial charge in [-0.1, -0.05) is 54.6 Å². The van der Waals surface area contributed by atoms with Crippen LogP contribution in [0.5, 0.6) is 5.75 Å². The third kappa shape index (κ3) is 4.73. The van der Waals surface area contributed by atoms with Crippen molar-refractivity contribution in [2.45, 2.75) is 13.3 Å². The lowest BCUT2D eigenvalue weighted by atomic mass is 10.0. The fraction of sp³-hybridized carbons (Fsp3) is 0.136. The molecule has 0 aliphatic carbocycles. The van der Waals surface area contributed by atoms with Gasteiger partial charge in [0, 0.05) is 12.5 Å². The molecule has 0 heterocycles. The van der Waals surface area contributed by atoms with Gasteiger partial charge in [0.25, 0.3) is 11.6 Å². The Morgan fingerprint density at radius 2 is 1.71 bits per heavy atom. The van der Waals surface area contributed by atoms with Crippen LogP contribution in [0.1, 0.15) is 16.7 Å². The van der Waals surface area contributed by atoms with Crippen molar-refractivity contribution >= 4 is 17.3 Å². The van der Waals surface area contributed by atoms with Crippen LogP contribution in [0, 0.1) is 17.0 Å². The molecule has 0 aliphatic rings. The first-order valence-corrected chi connectivity index (χ1v) is 8.83. The van der Waals surface area contributed by atoms with Gasteiger partial charge in [-0.2, -0.15) is 0 Å². The van der Waals surface area contributed by atoms with Gasteiger partial charge in [-0.15, -0.1) is 0 Å². The van der Waals surface area contributed by atoms with Gasteiger partial charge < -0.3 is 10.1 Å². The second kappa shape index (κ2) is 8.81. The van der Waals surface area contributed by atoms with E-state index in [1.807, 2.05) is 54.6 Å². The van der Waals surface area contributed by atoms with Gasteiger partial charge in [0.1, 0.15) is 5.75 Å². The summed E-state index contributed by atoms with van der Waals surface area (Å²) in [6, 6.07) is 22.1. The topological polar surface area (TPSA) is 81.5 Å². The van der Waals surface area contributed by atoms with Crippen molar-refractivity contribution in [2.24, 2.45) is 0 Å². The largest absolute Gasteiger partial charge is 0.483 e. The third-order valence-corrected chi connectivity index (χ3v) is 4.34. The molecule has 1 N–H and O–H groups in total. The Kier molecular flexibility index (Phi) is 6.01. The molecule has 0 atom stereocenters. The van der Waals surface area contributed by atoms with Crippen molar-refractivity contribution in [3.05, 3.63) is 99.6 Å². The summed E-state index contributed by atoms with van der Waals surface area (Å²) in [6.45, 7) is 1.41. The van der Waals surface area contributed by atoms with E-state index in [0.29, 0.717) is 23.4 Å². The Morgan fingerprint density at radius 3 is 2.46 bits per heavy atom. The standard InChI is InChI=1S/C22H20N2O4/c1-16-19(11-7-12-20(16)24(26)27)23-22(25)15-28-21-13-6-5-10-18(21)14-17-8-3-2-4-9-17/h2-13H,14-15H2,1H3,(H,23,25). The Bertz CT molecular complexity index is 987. The predicted octanol–water partition coefficient (Wildman–Crippen LogP) is 4.51. The van der Waals surface area contributed by atoms with E-state index >= 15 is 0 Å². The number of nitro groups is 1. The Hall–Kier alpha value is -3.67. The van der Waals surface area contributed by atoms with Crippen molar-refractivity contribution in [3.63, 3.8) is 0 Å². The molecule has 0 saturated heterocycles. The van der Waals surface area contributed by atoms with E-state index < -0.39 is 4.92 Å². The zero-order valence-electron chi connectivity index (χ0n) is 15.4. The minimum atomic E-state index is -0.471. The van der Waals surface area contributed by atoms with Crippen molar-refractivity contribution < 1.29 is 14.5 Å².